The SMILES string of the molecule is C=CC(=O)C(Oc1ccccc1)C(=O)O. The van der Waals surface area contributed by atoms with E-state index in [-0.39, 0.29) is 0 Å². The monoisotopic (exact) mass is 206 g/mol. The molecule has 0 aliphatic rings. The molecule has 0 heterocycles. The third kappa shape index (κ3) is 2.95. The van der Waals surface area contributed by atoms with Gasteiger partial charge in [-0.25, -0.2) is 4.79 Å². The van der Waals surface area contributed by atoms with Crippen LogP contribution in [0.1, 0.15) is 0 Å². The Bertz CT molecular complexity index is 369. The normalized spacial score (nSPS) is 11.5. The number of hydrogen-bond donors (Lipinski definition) is 1. The number of benzene rings is 1. The van der Waals surface area contributed by atoms with Gasteiger partial charge in [0.1, 0.15) is 5.75 Å². The number of para-hydroxylation sites is 1. The van der Waals surface area contributed by atoms with Gasteiger partial charge in [0, 0.05) is 0 Å². The van der Waals surface area contributed by atoms with Gasteiger partial charge in [-0.3, -0.25) is 4.79 Å². The Hall–Kier alpha value is -2.10. The molecule has 0 saturated carbocycles. The van der Waals surface area contributed by atoms with Gasteiger partial charge in [-0.05, 0) is 18.2 Å². The fourth-order valence-corrected chi connectivity index (χ4v) is 0.972. The van der Waals surface area contributed by atoms with Gasteiger partial charge in [0.05, 0.1) is 0 Å². The molecule has 0 amide bonds. The largest absolute Gasteiger partial charge is 0.478 e. The standard InChI is InChI=1S/C11H10O4/c1-2-9(12)10(11(13)14)15-8-6-4-3-5-7-8/h2-7,10H,1H2,(H,13,14). The number of ether oxygens (including phenoxy) is 1. The maximum Gasteiger partial charge on any atom is 0.353 e. The minimum Gasteiger partial charge on any atom is -0.478 e. The highest BCUT2D eigenvalue weighted by atomic mass is 16.5. The Kier molecular flexibility index (Phi) is 3.62. The Labute approximate surface area is 86.8 Å². The number of carbonyl (C=O) groups excluding carboxylic acids is 1. The predicted molar refractivity (Wildman–Crippen MR) is 53.7 cm³/mol. The fraction of sp³-hybridized carbons (Fsp3) is 0.0909. The van der Waals surface area contributed by atoms with Crippen molar-refractivity contribution in [3.63, 3.8) is 0 Å². The van der Waals surface area contributed by atoms with Crippen molar-refractivity contribution in [2.24, 2.45) is 0 Å². The molecule has 78 valence electrons. The van der Waals surface area contributed by atoms with Crippen molar-refractivity contribution in [1.29, 1.82) is 0 Å². The van der Waals surface area contributed by atoms with Gasteiger partial charge in [0.25, 0.3) is 6.10 Å². The molecule has 0 spiro atoms. The molecule has 0 aromatic heterocycles. The zero-order chi connectivity index (χ0) is 11.3. The van der Waals surface area contributed by atoms with Crippen molar-refractivity contribution >= 4 is 11.8 Å². The van der Waals surface area contributed by atoms with E-state index in [0.29, 0.717) is 5.75 Å². The van der Waals surface area contributed by atoms with Gasteiger partial charge in [-0.1, -0.05) is 24.8 Å². The summed E-state index contributed by atoms with van der Waals surface area (Å²) in [6.07, 6.45) is -0.591. The molecule has 0 saturated heterocycles. The Morgan fingerprint density at radius 1 is 1.33 bits per heavy atom. The predicted octanol–water partition coefficient (Wildman–Crippen LogP) is 1.27. The Morgan fingerprint density at radius 3 is 2.40 bits per heavy atom. The highest BCUT2D eigenvalue weighted by molar-refractivity contribution is 6.07. The van der Waals surface area contributed by atoms with Crippen LogP contribution >= 0.6 is 0 Å². The molecule has 4 nitrogen and oxygen atoms in total. The minimum atomic E-state index is -1.52. The van der Waals surface area contributed by atoms with Crippen LogP contribution in [0.5, 0.6) is 5.75 Å². The number of aliphatic carboxylic acids is 1. The Morgan fingerprint density at radius 2 is 1.93 bits per heavy atom. The molecule has 1 N–H and O–H groups in total. The highest BCUT2D eigenvalue weighted by Crippen LogP contribution is 2.11. The molecule has 1 aromatic carbocycles. The van der Waals surface area contributed by atoms with Crippen LogP contribution in [0.2, 0.25) is 0 Å². The lowest BCUT2D eigenvalue weighted by Gasteiger charge is -2.11. The summed E-state index contributed by atoms with van der Waals surface area (Å²) in [6.45, 7) is 3.21. The summed E-state index contributed by atoms with van der Waals surface area (Å²) < 4.78 is 5.01. The molecular weight excluding hydrogens is 196 g/mol. The maximum absolute atomic E-state index is 11.1. The minimum absolute atomic E-state index is 0.333. The summed E-state index contributed by atoms with van der Waals surface area (Å²) in [6, 6.07) is 8.29. The van der Waals surface area contributed by atoms with E-state index >= 15 is 0 Å². The van der Waals surface area contributed by atoms with E-state index in [2.05, 4.69) is 6.58 Å². The van der Waals surface area contributed by atoms with Gasteiger partial charge in [-0.2, -0.15) is 0 Å². The molecule has 4 heteroatoms. The van der Waals surface area contributed by atoms with Gasteiger partial charge >= 0.3 is 5.97 Å². The summed E-state index contributed by atoms with van der Waals surface area (Å²) >= 11 is 0. The fourth-order valence-electron chi connectivity index (χ4n) is 0.972. The van der Waals surface area contributed by atoms with Gasteiger partial charge in [0.2, 0.25) is 5.78 Å². The van der Waals surface area contributed by atoms with Crippen molar-refractivity contribution in [3.8, 4) is 5.75 Å². The number of hydrogen-bond acceptors (Lipinski definition) is 3. The average molecular weight is 206 g/mol. The zero-order valence-electron chi connectivity index (χ0n) is 7.92. The van der Waals surface area contributed by atoms with E-state index in [4.69, 9.17) is 9.84 Å². The van der Waals surface area contributed by atoms with Crippen LogP contribution in [0.25, 0.3) is 0 Å². The summed E-state index contributed by atoms with van der Waals surface area (Å²) in [4.78, 5) is 21.8. The van der Waals surface area contributed by atoms with Crippen LogP contribution in [0.3, 0.4) is 0 Å². The van der Waals surface area contributed by atoms with E-state index in [1.165, 1.54) is 0 Å². The molecule has 0 aliphatic carbocycles. The molecule has 0 aliphatic heterocycles. The molecule has 1 aromatic rings. The van der Waals surface area contributed by atoms with E-state index in [9.17, 15) is 9.59 Å². The first kappa shape index (κ1) is 11.0. The lowest BCUT2D eigenvalue weighted by Crippen LogP contribution is -2.34. The quantitative estimate of drug-likeness (QED) is 0.582. The van der Waals surface area contributed by atoms with Crippen molar-refractivity contribution in [2.45, 2.75) is 6.10 Å². The highest BCUT2D eigenvalue weighted by Gasteiger charge is 2.25. The third-order valence-electron chi connectivity index (χ3n) is 1.68. The van der Waals surface area contributed by atoms with Crippen molar-refractivity contribution in [3.05, 3.63) is 43.0 Å². The molecule has 1 unspecified atom stereocenters. The first-order valence-corrected chi connectivity index (χ1v) is 4.26. The van der Waals surface area contributed by atoms with Crippen LogP contribution in [-0.2, 0) is 9.59 Å². The van der Waals surface area contributed by atoms with E-state index in [0.717, 1.165) is 6.08 Å². The second-order valence-corrected chi connectivity index (χ2v) is 2.76. The first-order chi connectivity index (χ1) is 7.15. The van der Waals surface area contributed by atoms with Crippen LogP contribution in [-0.4, -0.2) is 23.0 Å². The maximum atomic E-state index is 11.1. The second-order valence-electron chi connectivity index (χ2n) is 2.76. The molecule has 0 bridgehead atoms. The summed E-state index contributed by atoms with van der Waals surface area (Å²) in [7, 11) is 0. The molecule has 1 atom stereocenters. The van der Waals surface area contributed by atoms with Crippen LogP contribution in [0.15, 0.2) is 43.0 Å². The van der Waals surface area contributed by atoms with Crippen LogP contribution in [0.4, 0.5) is 0 Å². The van der Waals surface area contributed by atoms with E-state index < -0.39 is 17.9 Å². The molecule has 1 rings (SSSR count). The number of carboxylic acid groups (broad SMARTS) is 1. The first-order valence-electron chi connectivity index (χ1n) is 4.26. The summed E-state index contributed by atoms with van der Waals surface area (Å²) in [5, 5.41) is 8.74. The lowest BCUT2D eigenvalue weighted by molar-refractivity contribution is -0.148. The van der Waals surface area contributed by atoms with Crippen molar-refractivity contribution in [2.75, 3.05) is 0 Å². The van der Waals surface area contributed by atoms with Gasteiger partial charge in [0.15, 0.2) is 0 Å². The van der Waals surface area contributed by atoms with Gasteiger partial charge in [-0.15, -0.1) is 0 Å². The van der Waals surface area contributed by atoms with Crippen molar-refractivity contribution < 1.29 is 19.4 Å². The molecule has 0 radical (unpaired) electrons. The molecule has 0 fully saturated rings. The second kappa shape index (κ2) is 4.95. The topological polar surface area (TPSA) is 63.6 Å². The summed E-state index contributed by atoms with van der Waals surface area (Å²) in [5.41, 5.74) is 0. The third-order valence-corrected chi connectivity index (χ3v) is 1.68. The van der Waals surface area contributed by atoms with Crippen LogP contribution < -0.4 is 4.74 Å². The Balaban J connectivity index is 2.80. The van der Waals surface area contributed by atoms with E-state index in [1.807, 2.05) is 0 Å². The van der Waals surface area contributed by atoms with Crippen LogP contribution in [0, 0.1) is 0 Å². The zero-order valence-corrected chi connectivity index (χ0v) is 7.92. The molecular formula is C11H10O4. The number of rotatable bonds is 5. The molecule has 15 heavy (non-hydrogen) atoms. The average Bonchev–Trinajstić information content (AvgIpc) is 2.26. The van der Waals surface area contributed by atoms with Crippen molar-refractivity contribution in [1.82, 2.24) is 0 Å². The van der Waals surface area contributed by atoms with E-state index in [1.54, 1.807) is 30.3 Å². The summed E-state index contributed by atoms with van der Waals surface area (Å²) in [5.74, 6) is -1.67. The smallest absolute Gasteiger partial charge is 0.353 e. The lowest BCUT2D eigenvalue weighted by atomic mass is 10.2. The van der Waals surface area contributed by atoms with Gasteiger partial charge < -0.3 is 9.84 Å². The number of carbonyl (C=O) groups is 2. The number of carboxylic acids is 1. The number of ketones is 1.